The summed E-state index contributed by atoms with van der Waals surface area (Å²) >= 11 is 0. The maximum atomic E-state index is 13.3. The third-order valence-corrected chi connectivity index (χ3v) is 7.72. The third kappa shape index (κ3) is 5.11. The molecule has 1 amide bonds. The molecule has 1 aromatic heterocycles. The highest BCUT2D eigenvalue weighted by molar-refractivity contribution is 6.01. The standard InChI is InChI=1S/C27H33F3N6O2/c1-16(27(28,29)30)38-23-15-18(13-21-24(23)25(31)34-33-21)17-7-8-20(26(37)32-2)22(14-17)36-11-9-35(10-12-36)19-5-3-4-6-19/h7-8,13-16,19H,3-6,9-12H2,1-2H3,(H,32,37)(H3,31,33,34)/t16-/m0/s1. The van der Waals surface area contributed by atoms with Crippen LogP contribution in [0.25, 0.3) is 22.0 Å². The lowest BCUT2D eigenvalue weighted by molar-refractivity contribution is -0.188. The minimum absolute atomic E-state index is 0.00400. The number of nitrogen functional groups attached to an aromatic ring is 1. The maximum Gasteiger partial charge on any atom is 0.425 e. The number of nitrogens with zero attached hydrogens (tertiary/aromatic N) is 3. The first-order valence-electron chi connectivity index (χ1n) is 13.0. The number of anilines is 2. The lowest BCUT2D eigenvalue weighted by Gasteiger charge is -2.39. The Morgan fingerprint density at radius 3 is 2.50 bits per heavy atom. The van der Waals surface area contributed by atoms with Crippen LogP contribution in [0.2, 0.25) is 0 Å². The molecule has 2 aromatic carbocycles. The molecule has 1 atom stereocenters. The second-order valence-electron chi connectivity index (χ2n) is 10.1. The molecule has 1 saturated heterocycles. The second-order valence-corrected chi connectivity index (χ2v) is 10.1. The largest absolute Gasteiger partial charge is 0.480 e. The third-order valence-electron chi connectivity index (χ3n) is 7.72. The van der Waals surface area contributed by atoms with Crippen LogP contribution < -0.4 is 20.7 Å². The van der Waals surface area contributed by atoms with Gasteiger partial charge in [0.1, 0.15) is 5.75 Å². The molecule has 2 aliphatic rings. The number of ether oxygens (including phenoxy) is 1. The van der Waals surface area contributed by atoms with Gasteiger partial charge in [0, 0.05) is 39.3 Å². The Hall–Kier alpha value is -3.47. The maximum absolute atomic E-state index is 13.3. The topological polar surface area (TPSA) is 99.5 Å². The lowest BCUT2D eigenvalue weighted by atomic mass is 9.99. The fraction of sp³-hybridized carbons (Fsp3) is 0.481. The number of carbonyl (C=O) groups is 1. The molecule has 0 radical (unpaired) electrons. The molecule has 4 N–H and O–H groups in total. The molecule has 2 fully saturated rings. The number of halogens is 3. The van der Waals surface area contributed by atoms with Crippen LogP contribution in [0.3, 0.4) is 0 Å². The quantitative estimate of drug-likeness (QED) is 0.432. The first-order valence-corrected chi connectivity index (χ1v) is 13.0. The molecule has 0 bridgehead atoms. The van der Waals surface area contributed by atoms with Crippen LogP contribution in [-0.4, -0.2) is 72.6 Å². The predicted molar refractivity (Wildman–Crippen MR) is 142 cm³/mol. The van der Waals surface area contributed by atoms with Crippen LogP contribution in [0.1, 0.15) is 43.0 Å². The van der Waals surface area contributed by atoms with Gasteiger partial charge in [-0.05, 0) is 55.2 Å². The Balaban J connectivity index is 1.50. The molecule has 5 rings (SSSR count). The number of fused-ring (bicyclic) bond motifs is 1. The van der Waals surface area contributed by atoms with Crippen LogP contribution in [0.5, 0.6) is 5.75 Å². The van der Waals surface area contributed by atoms with Gasteiger partial charge in [0.25, 0.3) is 5.91 Å². The van der Waals surface area contributed by atoms with E-state index in [2.05, 4.69) is 25.3 Å². The molecule has 3 aromatic rings. The SMILES string of the molecule is CNC(=O)c1ccc(-c2cc(O[C@@H](C)C(F)(F)F)c3c(N)n[nH]c3c2)cc1N1CCN(C2CCCC2)CC1. The predicted octanol–water partition coefficient (Wildman–Crippen LogP) is 4.57. The Bertz CT molecular complexity index is 1310. The molecule has 11 heteroatoms. The molecule has 8 nitrogen and oxygen atoms in total. The first-order chi connectivity index (χ1) is 18.2. The molecule has 2 heterocycles. The summed E-state index contributed by atoms with van der Waals surface area (Å²) in [5, 5.41) is 9.76. The summed E-state index contributed by atoms with van der Waals surface area (Å²) in [5.74, 6) is -0.132. The number of carbonyl (C=O) groups excluding carboxylic acids is 1. The normalized spacial score (nSPS) is 18.2. The van der Waals surface area contributed by atoms with Crippen LogP contribution in [-0.2, 0) is 0 Å². The highest BCUT2D eigenvalue weighted by Crippen LogP contribution is 2.38. The van der Waals surface area contributed by atoms with Crippen LogP contribution in [0.4, 0.5) is 24.7 Å². The average Bonchev–Trinajstić information content (AvgIpc) is 3.58. The Morgan fingerprint density at radius 1 is 1.13 bits per heavy atom. The van der Waals surface area contributed by atoms with Gasteiger partial charge in [0.2, 0.25) is 0 Å². The van der Waals surface area contributed by atoms with Crippen molar-refractivity contribution in [2.24, 2.45) is 0 Å². The van der Waals surface area contributed by atoms with Gasteiger partial charge in [-0.15, -0.1) is 0 Å². The minimum Gasteiger partial charge on any atom is -0.480 e. The Labute approximate surface area is 219 Å². The number of aromatic nitrogens is 2. The summed E-state index contributed by atoms with van der Waals surface area (Å²) in [7, 11) is 1.60. The zero-order chi connectivity index (χ0) is 27.0. The van der Waals surface area contributed by atoms with Crippen molar-refractivity contribution in [3.8, 4) is 16.9 Å². The summed E-state index contributed by atoms with van der Waals surface area (Å²) in [4.78, 5) is 17.5. The molecule has 1 aliphatic heterocycles. The van der Waals surface area contributed by atoms with Crippen molar-refractivity contribution in [1.29, 1.82) is 0 Å². The number of amides is 1. The Morgan fingerprint density at radius 2 is 1.84 bits per heavy atom. The van der Waals surface area contributed by atoms with E-state index in [0.717, 1.165) is 44.4 Å². The van der Waals surface area contributed by atoms with Gasteiger partial charge in [0.15, 0.2) is 11.9 Å². The number of nitrogens with one attached hydrogen (secondary N) is 2. The van der Waals surface area contributed by atoms with E-state index in [9.17, 15) is 18.0 Å². The van der Waals surface area contributed by atoms with E-state index in [1.807, 2.05) is 6.07 Å². The number of rotatable bonds is 6. The zero-order valence-corrected chi connectivity index (χ0v) is 21.6. The van der Waals surface area contributed by atoms with Gasteiger partial charge in [0.05, 0.1) is 22.2 Å². The monoisotopic (exact) mass is 530 g/mol. The molecule has 38 heavy (non-hydrogen) atoms. The number of H-pyrrole nitrogens is 1. The molecular formula is C27H33F3N6O2. The van der Waals surface area contributed by atoms with E-state index in [-0.39, 0.29) is 17.5 Å². The molecule has 0 unspecified atom stereocenters. The molecule has 0 spiro atoms. The number of hydrogen-bond acceptors (Lipinski definition) is 6. The fourth-order valence-corrected chi connectivity index (χ4v) is 5.56. The van der Waals surface area contributed by atoms with Gasteiger partial charge in [-0.2, -0.15) is 18.3 Å². The smallest absolute Gasteiger partial charge is 0.425 e. The van der Waals surface area contributed by atoms with Gasteiger partial charge in [-0.3, -0.25) is 14.8 Å². The van der Waals surface area contributed by atoms with Crippen molar-refractivity contribution in [2.45, 2.75) is 50.9 Å². The number of benzene rings is 2. The molecule has 1 saturated carbocycles. The average molecular weight is 531 g/mol. The molecule has 1 aliphatic carbocycles. The molecule has 204 valence electrons. The van der Waals surface area contributed by atoms with Crippen LogP contribution in [0, 0.1) is 0 Å². The summed E-state index contributed by atoms with van der Waals surface area (Å²) in [6.45, 7) is 4.38. The van der Waals surface area contributed by atoms with Gasteiger partial charge in [-0.25, -0.2) is 0 Å². The van der Waals surface area contributed by atoms with Gasteiger partial charge >= 0.3 is 6.18 Å². The summed E-state index contributed by atoms with van der Waals surface area (Å²) in [6.07, 6.45) is -1.50. The lowest BCUT2D eigenvalue weighted by Crippen LogP contribution is -2.50. The van der Waals surface area contributed by atoms with E-state index < -0.39 is 12.3 Å². The van der Waals surface area contributed by atoms with E-state index in [1.165, 1.54) is 25.7 Å². The Kier molecular flexibility index (Phi) is 7.13. The van der Waals surface area contributed by atoms with E-state index in [1.54, 1.807) is 31.3 Å². The summed E-state index contributed by atoms with van der Waals surface area (Å²) < 4.78 is 45.2. The highest BCUT2D eigenvalue weighted by Gasteiger charge is 2.38. The summed E-state index contributed by atoms with van der Waals surface area (Å²) in [5.41, 5.74) is 9.12. The van der Waals surface area contributed by atoms with Gasteiger partial charge in [-0.1, -0.05) is 18.9 Å². The van der Waals surface area contributed by atoms with E-state index in [4.69, 9.17) is 10.5 Å². The highest BCUT2D eigenvalue weighted by atomic mass is 19.4. The molecular weight excluding hydrogens is 497 g/mol. The minimum atomic E-state index is -4.54. The van der Waals surface area contributed by atoms with Crippen molar-refractivity contribution >= 4 is 28.3 Å². The van der Waals surface area contributed by atoms with Crippen molar-refractivity contribution < 1.29 is 22.7 Å². The van der Waals surface area contributed by atoms with E-state index in [0.29, 0.717) is 28.1 Å². The fourth-order valence-electron chi connectivity index (χ4n) is 5.56. The number of aromatic amines is 1. The van der Waals surface area contributed by atoms with Crippen molar-refractivity contribution in [1.82, 2.24) is 20.4 Å². The number of nitrogens with two attached hydrogens (primary N) is 1. The number of piperazine rings is 1. The van der Waals surface area contributed by atoms with Crippen molar-refractivity contribution in [3.63, 3.8) is 0 Å². The van der Waals surface area contributed by atoms with Gasteiger partial charge < -0.3 is 20.7 Å². The van der Waals surface area contributed by atoms with E-state index >= 15 is 0 Å². The number of hydrogen-bond donors (Lipinski definition) is 3. The first kappa shape index (κ1) is 26.1. The number of alkyl halides is 3. The van der Waals surface area contributed by atoms with Crippen molar-refractivity contribution in [3.05, 3.63) is 35.9 Å². The summed E-state index contributed by atoms with van der Waals surface area (Å²) in [6, 6.07) is 9.45. The van der Waals surface area contributed by atoms with Crippen molar-refractivity contribution in [2.75, 3.05) is 43.9 Å². The van der Waals surface area contributed by atoms with Crippen LogP contribution in [0.15, 0.2) is 30.3 Å². The second kappa shape index (κ2) is 10.4. The van der Waals surface area contributed by atoms with Crippen LogP contribution >= 0.6 is 0 Å². The zero-order valence-electron chi connectivity index (χ0n) is 21.6.